The summed E-state index contributed by atoms with van der Waals surface area (Å²) in [5.41, 5.74) is 0.427. The second kappa shape index (κ2) is 6.05. The van der Waals surface area contributed by atoms with E-state index in [0.717, 1.165) is 5.92 Å². The van der Waals surface area contributed by atoms with Crippen LogP contribution in [-0.2, 0) is 4.79 Å². The number of likely N-dealkylation sites (N-methyl/N-ethyl adjacent to an activating group) is 1. The van der Waals surface area contributed by atoms with Crippen molar-refractivity contribution in [3.05, 3.63) is 0 Å². The molecule has 1 aliphatic rings. The summed E-state index contributed by atoms with van der Waals surface area (Å²) in [6.07, 6.45) is 4.97. The molecule has 0 heterocycles. The first-order valence-corrected chi connectivity index (χ1v) is 7.19. The molecule has 3 heteroatoms. The highest BCUT2D eigenvalue weighted by Crippen LogP contribution is 2.37. The molecule has 0 bridgehead atoms. The summed E-state index contributed by atoms with van der Waals surface area (Å²) in [6, 6.07) is 0.457. The molecule has 1 unspecified atom stereocenters. The van der Waals surface area contributed by atoms with Gasteiger partial charge >= 0.3 is 0 Å². The maximum Gasteiger partial charge on any atom is 0.238 e. The molecular weight excluding hydrogens is 224 g/mol. The zero-order chi connectivity index (χ0) is 13.9. The molecule has 0 aromatic heterocycles. The van der Waals surface area contributed by atoms with E-state index in [2.05, 4.69) is 26.1 Å². The van der Waals surface area contributed by atoms with Crippen molar-refractivity contribution in [1.29, 1.82) is 0 Å². The molecule has 0 radical (unpaired) electrons. The molecule has 0 saturated heterocycles. The molecule has 3 nitrogen and oxygen atoms in total. The fourth-order valence-electron chi connectivity index (χ4n) is 2.94. The molecule has 0 aromatic carbocycles. The molecule has 18 heavy (non-hydrogen) atoms. The van der Waals surface area contributed by atoms with Crippen LogP contribution in [0.2, 0.25) is 0 Å². The predicted molar refractivity (Wildman–Crippen MR) is 76.5 cm³/mol. The van der Waals surface area contributed by atoms with Crippen LogP contribution in [0.15, 0.2) is 0 Å². The highest BCUT2D eigenvalue weighted by Gasteiger charge is 2.30. The lowest BCUT2D eigenvalue weighted by Crippen LogP contribution is -2.47. The first-order chi connectivity index (χ1) is 8.21. The normalized spacial score (nSPS) is 26.8. The van der Waals surface area contributed by atoms with Crippen molar-refractivity contribution in [3.63, 3.8) is 0 Å². The lowest BCUT2D eigenvalue weighted by Gasteiger charge is -2.38. The Hall–Kier alpha value is -0.570. The number of rotatable bonds is 3. The zero-order valence-electron chi connectivity index (χ0n) is 12.9. The molecule has 1 fully saturated rings. The van der Waals surface area contributed by atoms with Crippen LogP contribution in [0.5, 0.6) is 0 Å². The van der Waals surface area contributed by atoms with Gasteiger partial charge < -0.3 is 10.2 Å². The number of nitrogens with one attached hydrogen (secondary N) is 1. The third-order valence-electron chi connectivity index (χ3n) is 4.25. The number of carbonyl (C=O) groups excluding carboxylic acids is 1. The molecule has 1 saturated carbocycles. The molecule has 0 aliphatic heterocycles. The van der Waals surface area contributed by atoms with E-state index in [0.29, 0.717) is 11.5 Å². The number of hydrogen-bond donors (Lipinski definition) is 1. The van der Waals surface area contributed by atoms with Crippen molar-refractivity contribution in [2.45, 2.75) is 65.5 Å². The topological polar surface area (TPSA) is 32.3 Å². The Bertz CT molecular complexity index is 273. The van der Waals surface area contributed by atoms with Gasteiger partial charge in [-0.25, -0.2) is 0 Å². The van der Waals surface area contributed by atoms with Crippen LogP contribution in [0.1, 0.15) is 53.4 Å². The second-order valence-corrected chi connectivity index (χ2v) is 7.04. The van der Waals surface area contributed by atoms with Crippen LogP contribution in [0.4, 0.5) is 0 Å². The monoisotopic (exact) mass is 254 g/mol. The summed E-state index contributed by atoms with van der Waals surface area (Å²) in [4.78, 5) is 13.5. The maximum atomic E-state index is 11.8. The van der Waals surface area contributed by atoms with Crippen LogP contribution < -0.4 is 5.32 Å². The summed E-state index contributed by atoms with van der Waals surface area (Å²) in [5, 5.41) is 3.48. The molecule has 106 valence electrons. The van der Waals surface area contributed by atoms with Gasteiger partial charge in [-0.05, 0) is 43.9 Å². The standard InChI is InChI=1S/C15H30N2O/c1-11(14(18)17(5)6)16-13-9-7-12(8-10-13)15(2,3)4/h11-13,16H,7-10H2,1-6H3. The Morgan fingerprint density at radius 3 is 2.06 bits per heavy atom. The van der Waals surface area contributed by atoms with Crippen LogP contribution in [0.25, 0.3) is 0 Å². The van der Waals surface area contributed by atoms with E-state index in [-0.39, 0.29) is 11.9 Å². The SMILES string of the molecule is CC(NC1CCC(C(C)(C)C)CC1)C(=O)N(C)C. The molecule has 1 amide bonds. The quantitative estimate of drug-likeness (QED) is 0.840. The summed E-state index contributed by atoms with van der Waals surface area (Å²) < 4.78 is 0. The minimum Gasteiger partial charge on any atom is -0.347 e. The largest absolute Gasteiger partial charge is 0.347 e. The minimum atomic E-state index is -0.0591. The third-order valence-corrected chi connectivity index (χ3v) is 4.25. The van der Waals surface area contributed by atoms with Gasteiger partial charge in [0, 0.05) is 20.1 Å². The van der Waals surface area contributed by atoms with E-state index >= 15 is 0 Å². The maximum absolute atomic E-state index is 11.8. The molecule has 0 spiro atoms. The van der Waals surface area contributed by atoms with Gasteiger partial charge in [-0.3, -0.25) is 4.79 Å². The summed E-state index contributed by atoms with van der Waals surface area (Å²) in [5.74, 6) is 1.00. The van der Waals surface area contributed by atoms with Crippen LogP contribution in [0.3, 0.4) is 0 Å². The number of nitrogens with zero attached hydrogens (tertiary/aromatic N) is 1. The van der Waals surface area contributed by atoms with Crippen LogP contribution in [0, 0.1) is 11.3 Å². The van der Waals surface area contributed by atoms with E-state index in [9.17, 15) is 4.79 Å². The fourth-order valence-corrected chi connectivity index (χ4v) is 2.94. The molecule has 1 rings (SSSR count). The third kappa shape index (κ3) is 4.27. The Morgan fingerprint density at radius 2 is 1.67 bits per heavy atom. The Labute approximate surface area is 112 Å². The summed E-state index contributed by atoms with van der Waals surface area (Å²) >= 11 is 0. The molecule has 1 N–H and O–H groups in total. The van der Waals surface area contributed by atoms with Crippen molar-refractivity contribution in [2.75, 3.05) is 14.1 Å². The van der Waals surface area contributed by atoms with E-state index in [1.165, 1.54) is 25.7 Å². The molecule has 0 aromatic rings. The van der Waals surface area contributed by atoms with Crippen molar-refractivity contribution < 1.29 is 4.79 Å². The minimum absolute atomic E-state index is 0.0591. The van der Waals surface area contributed by atoms with Crippen molar-refractivity contribution in [2.24, 2.45) is 11.3 Å². The number of amides is 1. The number of carbonyl (C=O) groups is 1. The van der Waals surface area contributed by atoms with Gasteiger partial charge in [-0.1, -0.05) is 20.8 Å². The van der Waals surface area contributed by atoms with Gasteiger partial charge in [-0.2, -0.15) is 0 Å². The highest BCUT2D eigenvalue weighted by molar-refractivity contribution is 5.80. The van der Waals surface area contributed by atoms with Crippen molar-refractivity contribution >= 4 is 5.91 Å². The van der Waals surface area contributed by atoms with Crippen molar-refractivity contribution in [1.82, 2.24) is 10.2 Å². The lowest BCUT2D eigenvalue weighted by atomic mass is 9.71. The van der Waals surface area contributed by atoms with Gasteiger partial charge in [0.2, 0.25) is 5.91 Å². The van der Waals surface area contributed by atoms with Gasteiger partial charge in [0.25, 0.3) is 0 Å². The highest BCUT2D eigenvalue weighted by atomic mass is 16.2. The second-order valence-electron chi connectivity index (χ2n) is 7.04. The molecule has 1 aliphatic carbocycles. The van der Waals surface area contributed by atoms with E-state index < -0.39 is 0 Å². The number of hydrogen-bond acceptors (Lipinski definition) is 2. The Morgan fingerprint density at radius 1 is 1.17 bits per heavy atom. The smallest absolute Gasteiger partial charge is 0.238 e. The van der Waals surface area contributed by atoms with Gasteiger partial charge in [0.05, 0.1) is 6.04 Å². The van der Waals surface area contributed by atoms with Gasteiger partial charge in [0.1, 0.15) is 0 Å². The summed E-state index contributed by atoms with van der Waals surface area (Å²) in [6.45, 7) is 8.98. The van der Waals surface area contributed by atoms with E-state index in [1.54, 1.807) is 4.90 Å². The first-order valence-electron chi connectivity index (χ1n) is 7.19. The lowest BCUT2D eigenvalue weighted by molar-refractivity contribution is -0.130. The zero-order valence-corrected chi connectivity index (χ0v) is 12.9. The van der Waals surface area contributed by atoms with Gasteiger partial charge in [0.15, 0.2) is 0 Å². The van der Waals surface area contributed by atoms with Gasteiger partial charge in [-0.15, -0.1) is 0 Å². The van der Waals surface area contributed by atoms with E-state index in [4.69, 9.17) is 0 Å². The average molecular weight is 254 g/mol. The van der Waals surface area contributed by atoms with E-state index in [1.807, 2.05) is 21.0 Å². The van der Waals surface area contributed by atoms with Crippen molar-refractivity contribution in [3.8, 4) is 0 Å². The Balaban J connectivity index is 2.38. The predicted octanol–water partition coefficient (Wildman–Crippen LogP) is 2.66. The first kappa shape index (κ1) is 15.5. The Kier molecular flexibility index (Phi) is 5.20. The average Bonchev–Trinajstić information content (AvgIpc) is 2.27. The fraction of sp³-hybridized carbons (Fsp3) is 0.933. The van der Waals surface area contributed by atoms with Crippen LogP contribution in [-0.4, -0.2) is 37.0 Å². The van der Waals surface area contributed by atoms with Crippen LogP contribution >= 0.6 is 0 Å². The molecular formula is C15H30N2O. The summed E-state index contributed by atoms with van der Waals surface area (Å²) in [7, 11) is 3.63. The molecule has 1 atom stereocenters.